The molecule has 3 nitrogen and oxygen atoms in total. The number of aromatic nitrogens is 1. The zero-order valence-corrected chi connectivity index (χ0v) is 13.9. The van der Waals surface area contributed by atoms with Gasteiger partial charge in [0.2, 0.25) is 0 Å². The van der Waals surface area contributed by atoms with Crippen LogP contribution in [0.3, 0.4) is 0 Å². The van der Waals surface area contributed by atoms with Crippen molar-refractivity contribution >= 4 is 0 Å². The highest BCUT2D eigenvalue weighted by atomic mass is 16.1. The van der Waals surface area contributed by atoms with Gasteiger partial charge in [-0.05, 0) is 24.3 Å². The fraction of sp³-hybridized carbons (Fsp3) is 0.706. The van der Waals surface area contributed by atoms with Crippen molar-refractivity contribution in [2.45, 2.75) is 73.0 Å². The third kappa shape index (κ3) is 4.78. The zero-order chi connectivity index (χ0) is 15.3. The van der Waals surface area contributed by atoms with Crippen molar-refractivity contribution in [3.05, 3.63) is 33.7 Å². The largest absolute Gasteiger partial charge is 0.312 e. The van der Waals surface area contributed by atoms with Gasteiger partial charge in [-0.25, -0.2) is 0 Å². The monoisotopic (exact) mass is 278 g/mol. The van der Waals surface area contributed by atoms with Gasteiger partial charge in [0.05, 0.1) is 0 Å². The van der Waals surface area contributed by atoms with E-state index in [1.165, 1.54) is 0 Å². The van der Waals surface area contributed by atoms with E-state index in [1.54, 1.807) is 0 Å². The number of nitrogens with zero attached hydrogens (tertiary/aromatic N) is 1. The molecular formula is C17H30N2O. The van der Waals surface area contributed by atoms with Crippen LogP contribution in [0, 0.1) is 5.92 Å². The average Bonchev–Trinajstić information content (AvgIpc) is 2.34. The maximum atomic E-state index is 12.6. The van der Waals surface area contributed by atoms with E-state index in [1.807, 2.05) is 10.6 Å². The van der Waals surface area contributed by atoms with Crippen LogP contribution in [-0.2, 0) is 13.1 Å². The van der Waals surface area contributed by atoms with Crippen LogP contribution in [0.1, 0.15) is 65.1 Å². The van der Waals surface area contributed by atoms with Crippen molar-refractivity contribution in [3.8, 4) is 0 Å². The van der Waals surface area contributed by atoms with Crippen molar-refractivity contribution < 1.29 is 0 Å². The van der Waals surface area contributed by atoms with Gasteiger partial charge in [0.15, 0.2) is 0 Å². The van der Waals surface area contributed by atoms with Gasteiger partial charge in [-0.1, -0.05) is 47.6 Å². The molecule has 0 unspecified atom stereocenters. The number of pyridine rings is 1. The molecule has 0 fully saturated rings. The van der Waals surface area contributed by atoms with E-state index in [2.05, 4.69) is 52.9 Å². The Bertz CT molecular complexity index is 472. The molecule has 0 radical (unpaired) electrons. The first-order chi connectivity index (χ1) is 9.32. The summed E-state index contributed by atoms with van der Waals surface area (Å²) in [7, 11) is 0. The highest BCUT2D eigenvalue weighted by Crippen LogP contribution is 2.14. The molecule has 0 spiro atoms. The molecule has 1 N–H and O–H groups in total. The standard InChI is InChI=1S/C17H30N2O/c1-12(2)9-10-19-16(13(3)4)8-7-15(17(19)20)11-18-14(5)6/h7-8,12-14,18H,9-11H2,1-6H3. The van der Waals surface area contributed by atoms with Gasteiger partial charge in [-0.3, -0.25) is 4.79 Å². The first-order valence-electron chi connectivity index (χ1n) is 7.79. The van der Waals surface area contributed by atoms with Crippen LogP contribution < -0.4 is 10.9 Å². The molecule has 3 heteroatoms. The molecule has 0 atom stereocenters. The van der Waals surface area contributed by atoms with Crippen molar-refractivity contribution in [2.75, 3.05) is 0 Å². The predicted molar refractivity (Wildman–Crippen MR) is 86.2 cm³/mol. The van der Waals surface area contributed by atoms with Crippen LogP contribution in [0.2, 0.25) is 0 Å². The van der Waals surface area contributed by atoms with Gasteiger partial charge in [0, 0.05) is 30.4 Å². The smallest absolute Gasteiger partial charge is 0.255 e. The molecule has 20 heavy (non-hydrogen) atoms. The van der Waals surface area contributed by atoms with E-state index < -0.39 is 0 Å². The molecule has 0 aliphatic heterocycles. The van der Waals surface area contributed by atoms with Crippen LogP contribution >= 0.6 is 0 Å². The van der Waals surface area contributed by atoms with Crippen LogP contribution in [0.15, 0.2) is 16.9 Å². The van der Waals surface area contributed by atoms with E-state index in [9.17, 15) is 4.79 Å². The second-order valence-electron chi connectivity index (χ2n) is 6.61. The van der Waals surface area contributed by atoms with Gasteiger partial charge in [-0.15, -0.1) is 0 Å². The second-order valence-corrected chi connectivity index (χ2v) is 6.61. The number of rotatable bonds is 7. The summed E-state index contributed by atoms with van der Waals surface area (Å²) in [6.07, 6.45) is 1.04. The summed E-state index contributed by atoms with van der Waals surface area (Å²) >= 11 is 0. The van der Waals surface area contributed by atoms with E-state index in [0.29, 0.717) is 24.4 Å². The molecule has 1 rings (SSSR count). The highest BCUT2D eigenvalue weighted by molar-refractivity contribution is 5.18. The Morgan fingerprint density at radius 2 is 1.75 bits per heavy atom. The van der Waals surface area contributed by atoms with Gasteiger partial charge < -0.3 is 9.88 Å². The third-order valence-corrected chi connectivity index (χ3v) is 3.51. The van der Waals surface area contributed by atoms with Gasteiger partial charge in [0.1, 0.15) is 0 Å². The summed E-state index contributed by atoms with van der Waals surface area (Å²) in [5.74, 6) is 0.987. The lowest BCUT2D eigenvalue weighted by Crippen LogP contribution is -2.32. The van der Waals surface area contributed by atoms with E-state index >= 15 is 0 Å². The molecule has 1 aromatic rings. The fourth-order valence-electron chi connectivity index (χ4n) is 2.21. The molecule has 1 aromatic heterocycles. The lowest BCUT2D eigenvalue weighted by Gasteiger charge is -2.18. The van der Waals surface area contributed by atoms with Crippen molar-refractivity contribution in [3.63, 3.8) is 0 Å². The summed E-state index contributed by atoms with van der Waals surface area (Å²) in [4.78, 5) is 12.6. The summed E-state index contributed by atoms with van der Waals surface area (Å²) in [6, 6.07) is 4.49. The number of hydrogen-bond donors (Lipinski definition) is 1. The molecule has 114 valence electrons. The number of hydrogen-bond acceptors (Lipinski definition) is 2. The minimum atomic E-state index is 0.171. The molecule has 0 bridgehead atoms. The van der Waals surface area contributed by atoms with Crippen LogP contribution in [0.25, 0.3) is 0 Å². The topological polar surface area (TPSA) is 34.0 Å². The quantitative estimate of drug-likeness (QED) is 0.828. The van der Waals surface area contributed by atoms with Gasteiger partial charge >= 0.3 is 0 Å². The third-order valence-electron chi connectivity index (χ3n) is 3.51. The molecule has 1 heterocycles. The highest BCUT2D eigenvalue weighted by Gasteiger charge is 2.12. The Hall–Kier alpha value is -1.09. The Labute approximate surface area is 123 Å². The lowest BCUT2D eigenvalue weighted by molar-refractivity contribution is 0.486. The predicted octanol–water partition coefficient (Wildman–Crippen LogP) is 3.52. The SMILES string of the molecule is CC(C)CCn1c(C(C)C)ccc(CNC(C)C)c1=O. The second kappa shape index (κ2) is 7.63. The molecule has 0 saturated heterocycles. The Morgan fingerprint density at radius 3 is 2.25 bits per heavy atom. The molecule has 0 aliphatic carbocycles. The van der Waals surface area contributed by atoms with Crippen LogP contribution in [0.4, 0.5) is 0 Å². The summed E-state index contributed by atoms with van der Waals surface area (Å²) in [6.45, 7) is 14.4. The number of nitrogens with one attached hydrogen (secondary N) is 1. The molecule has 0 saturated carbocycles. The first-order valence-corrected chi connectivity index (χ1v) is 7.79. The minimum Gasteiger partial charge on any atom is -0.312 e. The van der Waals surface area contributed by atoms with Crippen molar-refractivity contribution in [1.82, 2.24) is 9.88 Å². The molecule has 0 aliphatic rings. The maximum absolute atomic E-state index is 12.6. The fourth-order valence-corrected chi connectivity index (χ4v) is 2.21. The zero-order valence-electron chi connectivity index (χ0n) is 13.9. The Morgan fingerprint density at radius 1 is 1.10 bits per heavy atom. The summed E-state index contributed by atoms with van der Waals surface area (Å²) in [5.41, 5.74) is 2.18. The minimum absolute atomic E-state index is 0.171. The average molecular weight is 278 g/mol. The van der Waals surface area contributed by atoms with E-state index in [0.717, 1.165) is 24.2 Å². The molecular weight excluding hydrogens is 248 g/mol. The maximum Gasteiger partial charge on any atom is 0.255 e. The van der Waals surface area contributed by atoms with E-state index in [-0.39, 0.29) is 5.56 Å². The van der Waals surface area contributed by atoms with E-state index in [4.69, 9.17) is 0 Å². The summed E-state index contributed by atoms with van der Waals surface area (Å²) < 4.78 is 1.97. The normalized spacial score (nSPS) is 11.8. The van der Waals surface area contributed by atoms with Gasteiger partial charge in [0.25, 0.3) is 5.56 Å². The van der Waals surface area contributed by atoms with Gasteiger partial charge in [-0.2, -0.15) is 0 Å². The first kappa shape index (κ1) is 17.0. The molecule has 0 aromatic carbocycles. The van der Waals surface area contributed by atoms with Crippen molar-refractivity contribution in [1.29, 1.82) is 0 Å². The molecule has 0 amide bonds. The Balaban J connectivity index is 3.07. The van der Waals surface area contributed by atoms with Crippen LogP contribution in [-0.4, -0.2) is 10.6 Å². The lowest BCUT2D eigenvalue weighted by atomic mass is 10.1. The summed E-state index contributed by atoms with van der Waals surface area (Å²) in [5, 5.41) is 3.33. The van der Waals surface area contributed by atoms with Crippen LogP contribution in [0.5, 0.6) is 0 Å². The van der Waals surface area contributed by atoms with Crippen molar-refractivity contribution in [2.24, 2.45) is 5.92 Å². The Kier molecular flexibility index (Phi) is 6.47.